The molecule has 0 saturated heterocycles. The zero-order valence-electron chi connectivity index (χ0n) is 23.4. The van der Waals surface area contributed by atoms with Gasteiger partial charge in [-0.05, 0) is 69.3 Å². The SMILES string of the molecule is C.CCOC(=O)/C(Cl)=N/Nc1ccc(OC)cc1.CCOC(=O)C(Cl)C(C)=O.COc1ccc(N)cc1.Cl.O=N[O-].[Na+]. The molecule has 2 aromatic rings. The number of benzene rings is 2. The quantitative estimate of drug-likeness (QED) is 0.0585. The van der Waals surface area contributed by atoms with Gasteiger partial charge < -0.3 is 34.8 Å². The summed E-state index contributed by atoms with van der Waals surface area (Å²) < 4.78 is 19.1. The summed E-state index contributed by atoms with van der Waals surface area (Å²) in [7, 11) is 3.21. The van der Waals surface area contributed by atoms with Gasteiger partial charge in [0.2, 0.25) is 5.17 Å². The molecule has 3 N–H and O–H groups in total. The van der Waals surface area contributed by atoms with Crippen LogP contribution in [0.15, 0.2) is 59.0 Å². The second kappa shape index (κ2) is 31.1. The van der Waals surface area contributed by atoms with E-state index in [0.29, 0.717) is 5.69 Å². The number of carbonyl (C=O) groups excluding carboxylic acids is 3. The van der Waals surface area contributed by atoms with Crippen molar-refractivity contribution in [3.63, 3.8) is 0 Å². The molecule has 0 spiro atoms. The Morgan fingerprint density at radius 1 is 0.952 bits per heavy atom. The number of ketones is 1. The summed E-state index contributed by atoms with van der Waals surface area (Å²) in [4.78, 5) is 40.2. The molecule has 1 atom stereocenters. The van der Waals surface area contributed by atoms with Crippen molar-refractivity contribution in [2.75, 3.05) is 38.6 Å². The van der Waals surface area contributed by atoms with E-state index in [0.717, 1.165) is 22.5 Å². The third kappa shape index (κ3) is 24.9. The first kappa shape index (κ1) is 48.9. The van der Waals surface area contributed by atoms with E-state index in [1.54, 1.807) is 64.5 Å². The molecule has 0 amide bonds. The molecule has 2 rings (SSSR count). The average Bonchev–Trinajstić information content (AvgIpc) is 2.93. The van der Waals surface area contributed by atoms with Crippen molar-refractivity contribution < 1.29 is 62.9 Å². The maximum absolute atomic E-state index is 11.1. The molecule has 0 aliphatic carbocycles. The predicted octanol–water partition coefficient (Wildman–Crippen LogP) is 2.56. The van der Waals surface area contributed by atoms with Crippen LogP contribution in [-0.2, 0) is 23.9 Å². The smallest absolute Gasteiger partial charge is 0.497 e. The van der Waals surface area contributed by atoms with Gasteiger partial charge in [-0.2, -0.15) is 5.10 Å². The first-order valence-electron chi connectivity index (χ1n) is 11.0. The van der Waals surface area contributed by atoms with Gasteiger partial charge in [0.25, 0.3) is 0 Å². The summed E-state index contributed by atoms with van der Waals surface area (Å²) in [5, 5.41) is 11.3. The van der Waals surface area contributed by atoms with Gasteiger partial charge in [-0.25, -0.2) is 9.59 Å². The largest absolute Gasteiger partial charge is 1.00 e. The number of nitrogens with zero attached hydrogens (tertiary/aromatic N) is 2. The van der Waals surface area contributed by atoms with Crippen LogP contribution in [-0.4, -0.2) is 55.7 Å². The number of nitrogens with two attached hydrogens (primary N) is 1. The van der Waals surface area contributed by atoms with E-state index in [1.807, 2.05) is 12.1 Å². The zero-order valence-corrected chi connectivity index (χ0v) is 27.7. The summed E-state index contributed by atoms with van der Waals surface area (Å²) in [5.74, 6) is -0.146. The van der Waals surface area contributed by atoms with Gasteiger partial charge in [-0.15, -0.1) is 29.3 Å². The van der Waals surface area contributed by atoms with Crippen LogP contribution in [0.1, 0.15) is 28.2 Å². The summed E-state index contributed by atoms with van der Waals surface area (Å²) in [6.07, 6.45) is 0. The Labute approximate surface area is 284 Å². The first-order valence-corrected chi connectivity index (χ1v) is 11.8. The molecule has 0 fully saturated rings. The number of ether oxygens (including phenoxy) is 4. The Bertz CT molecular complexity index is 1030. The topological polar surface area (TPSA) is 191 Å². The standard InChI is InChI=1S/C11H13ClN2O3.C7H9NO.C6H9ClO3.CH4.ClH.HNO2.Na/c1-3-17-11(15)10(12)14-13-8-4-6-9(16-2)7-5-8;1-9-7-4-2-6(8)3-5-7;1-3-10-6(9)5(7)4(2)8;;;2-1-3;/h4-7,13H,3H2,1-2H3;2-5H,8H2,1H3;5H,3H2,1-2H3;1H4;1H;(H,2,3);/q;;;;;;+1/p-1/b14-10-;;;;;;. The van der Waals surface area contributed by atoms with Crippen LogP contribution in [0.2, 0.25) is 0 Å². The van der Waals surface area contributed by atoms with Gasteiger partial charge in [-0.3, -0.25) is 10.2 Å². The second-order valence-electron chi connectivity index (χ2n) is 6.54. The van der Waals surface area contributed by atoms with Gasteiger partial charge in [0, 0.05) is 5.69 Å². The van der Waals surface area contributed by atoms with Gasteiger partial charge in [0.1, 0.15) is 11.5 Å². The third-order valence-electron chi connectivity index (χ3n) is 3.78. The molecule has 0 saturated carbocycles. The number of hydrogen-bond donors (Lipinski definition) is 2. The van der Waals surface area contributed by atoms with Gasteiger partial charge in [0.05, 0.1) is 33.1 Å². The van der Waals surface area contributed by atoms with Crippen molar-refractivity contribution in [1.29, 1.82) is 0 Å². The van der Waals surface area contributed by atoms with Crippen LogP contribution in [0, 0.1) is 10.1 Å². The second-order valence-corrected chi connectivity index (χ2v) is 7.33. The van der Waals surface area contributed by atoms with Crippen LogP contribution >= 0.6 is 35.6 Å². The van der Waals surface area contributed by atoms with E-state index >= 15 is 0 Å². The van der Waals surface area contributed by atoms with E-state index in [2.05, 4.69) is 20.0 Å². The molecule has 0 radical (unpaired) electrons. The maximum Gasteiger partial charge on any atom is 1.00 e. The molecule has 17 heteroatoms. The summed E-state index contributed by atoms with van der Waals surface area (Å²) in [6, 6.07) is 14.3. The number of alkyl halides is 1. The van der Waals surface area contributed by atoms with Crippen molar-refractivity contribution in [3.05, 3.63) is 58.6 Å². The molecule has 13 nitrogen and oxygen atoms in total. The number of Topliss-reactive ketones (excluding diaryl/α,β-unsaturated/α-hetero) is 1. The van der Waals surface area contributed by atoms with E-state index in [1.165, 1.54) is 6.92 Å². The number of nitrogen functional groups attached to an aromatic ring is 1. The molecular weight excluding hydrogens is 630 g/mol. The summed E-state index contributed by atoms with van der Waals surface area (Å²) in [6.45, 7) is 5.09. The van der Waals surface area contributed by atoms with Crippen molar-refractivity contribution in [3.8, 4) is 11.5 Å². The molecule has 0 aliphatic rings. The minimum Gasteiger partial charge on any atom is -0.497 e. The van der Waals surface area contributed by atoms with Crippen LogP contribution in [0.4, 0.5) is 11.4 Å². The molecule has 232 valence electrons. The monoisotopic (exact) mass is 664 g/mol. The number of anilines is 2. The van der Waals surface area contributed by atoms with Crippen molar-refractivity contribution >= 4 is 69.9 Å². The Balaban J connectivity index is -0.000000159. The minimum atomic E-state index is -1.14. The van der Waals surface area contributed by atoms with E-state index in [-0.39, 0.29) is 73.6 Å². The number of esters is 2. The number of rotatable bonds is 9. The number of halogens is 3. The fraction of sp³-hybridized carbons (Fsp3) is 0.360. The van der Waals surface area contributed by atoms with E-state index in [9.17, 15) is 14.4 Å². The van der Waals surface area contributed by atoms with Gasteiger partial charge >= 0.3 is 41.5 Å². The number of hydrogen-bond acceptors (Lipinski definition) is 13. The Morgan fingerprint density at radius 3 is 1.71 bits per heavy atom. The van der Waals surface area contributed by atoms with Gasteiger partial charge in [0.15, 0.2) is 11.2 Å². The van der Waals surface area contributed by atoms with Gasteiger partial charge in [-0.1, -0.05) is 19.0 Å². The Morgan fingerprint density at radius 2 is 1.36 bits per heavy atom. The molecule has 42 heavy (non-hydrogen) atoms. The molecular formula is C25H36Cl3N4NaO9. The van der Waals surface area contributed by atoms with Crippen LogP contribution in [0.5, 0.6) is 11.5 Å². The number of carbonyl (C=O) groups is 3. The normalized spacial score (nSPS) is 9.55. The van der Waals surface area contributed by atoms with Crippen molar-refractivity contribution in [2.45, 2.75) is 33.6 Å². The van der Waals surface area contributed by atoms with Crippen LogP contribution in [0.3, 0.4) is 0 Å². The van der Waals surface area contributed by atoms with Crippen molar-refractivity contribution in [1.82, 2.24) is 0 Å². The number of methoxy groups -OCH3 is 2. The number of nitrogens with one attached hydrogen (secondary N) is 1. The van der Waals surface area contributed by atoms with E-state index in [4.69, 9.17) is 48.5 Å². The summed E-state index contributed by atoms with van der Waals surface area (Å²) >= 11 is 10.9. The van der Waals surface area contributed by atoms with Crippen LogP contribution in [0.25, 0.3) is 0 Å². The minimum absolute atomic E-state index is 0. The fourth-order valence-electron chi connectivity index (χ4n) is 2.00. The molecule has 0 aliphatic heterocycles. The van der Waals surface area contributed by atoms with Crippen molar-refractivity contribution in [2.24, 2.45) is 10.4 Å². The van der Waals surface area contributed by atoms with Crippen LogP contribution < -0.4 is 50.2 Å². The zero-order chi connectivity index (χ0) is 30.2. The molecule has 0 aromatic heterocycles. The molecule has 1 unspecified atom stereocenters. The van der Waals surface area contributed by atoms with E-state index < -0.39 is 17.3 Å². The first-order chi connectivity index (χ1) is 18.5. The molecule has 0 heterocycles. The summed E-state index contributed by atoms with van der Waals surface area (Å²) in [5.41, 5.74) is 9.51. The Hall–Kier alpha value is -2.81. The molecule has 0 bridgehead atoms. The number of hydrazone groups is 1. The average molecular weight is 666 g/mol. The molecule has 2 aromatic carbocycles. The fourth-order valence-corrected chi connectivity index (χ4v) is 2.16. The predicted molar refractivity (Wildman–Crippen MR) is 164 cm³/mol. The third-order valence-corrected chi connectivity index (χ3v) is 4.51. The Kier molecular flexibility index (Phi) is 36.2. The maximum atomic E-state index is 11.1.